The Labute approximate surface area is 79.2 Å². The van der Waals surface area contributed by atoms with Gasteiger partial charge in [-0.3, -0.25) is 9.89 Å². The molecule has 6 heteroatoms. The summed E-state index contributed by atoms with van der Waals surface area (Å²) in [5.74, 6) is 0.503. The van der Waals surface area contributed by atoms with Gasteiger partial charge in [0.25, 0.3) is 0 Å². The van der Waals surface area contributed by atoms with E-state index in [2.05, 4.69) is 20.2 Å². The number of aryl methyl sites for hydroxylation is 1. The van der Waals surface area contributed by atoms with Crippen LogP contribution in [-0.4, -0.2) is 20.2 Å². The lowest BCUT2D eigenvalue weighted by molar-refractivity contribution is 1.09. The van der Waals surface area contributed by atoms with Gasteiger partial charge < -0.3 is 10.7 Å². The summed E-state index contributed by atoms with van der Waals surface area (Å²) in [7, 11) is 0. The number of anilines is 1. The maximum absolute atomic E-state index is 11.5. The number of aromatic amines is 2. The SMILES string of the molecule is Cc1cc(=O)c(-c2nc(N)n[nH]2)c[nH]1. The van der Waals surface area contributed by atoms with E-state index < -0.39 is 0 Å². The number of nitrogens with zero attached hydrogens (tertiary/aromatic N) is 2. The Hall–Kier alpha value is -2.11. The van der Waals surface area contributed by atoms with E-state index in [0.29, 0.717) is 11.4 Å². The molecule has 0 atom stereocenters. The molecule has 0 fully saturated rings. The zero-order valence-electron chi connectivity index (χ0n) is 7.53. The zero-order valence-corrected chi connectivity index (χ0v) is 7.53. The van der Waals surface area contributed by atoms with E-state index in [-0.39, 0.29) is 11.4 Å². The van der Waals surface area contributed by atoms with E-state index >= 15 is 0 Å². The molecule has 0 spiro atoms. The number of nitrogens with one attached hydrogen (secondary N) is 2. The third-order valence-electron chi connectivity index (χ3n) is 1.82. The van der Waals surface area contributed by atoms with Gasteiger partial charge >= 0.3 is 0 Å². The third-order valence-corrected chi connectivity index (χ3v) is 1.82. The second-order valence-electron chi connectivity index (χ2n) is 2.94. The average molecular weight is 191 g/mol. The summed E-state index contributed by atoms with van der Waals surface area (Å²) in [6.45, 7) is 1.81. The number of nitrogens with two attached hydrogens (primary N) is 1. The van der Waals surface area contributed by atoms with Gasteiger partial charge in [-0.15, -0.1) is 5.10 Å². The maximum Gasteiger partial charge on any atom is 0.239 e. The Bertz CT molecular complexity index is 512. The van der Waals surface area contributed by atoms with E-state index in [1.807, 2.05) is 0 Å². The van der Waals surface area contributed by atoms with Gasteiger partial charge in [-0.05, 0) is 6.92 Å². The van der Waals surface area contributed by atoms with Crippen molar-refractivity contribution in [2.45, 2.75) is 6.92 Å². The number of H-pyrrole nitrogens is 2. The van der Waals surface area contributed by atoms with E-state index in [1.54, 1.807) is 13.1 Å². The summed E-state index contributed by atoms with van der Waals surface area (Å²) in [6, 6.07) is 1.49. The summed E-state index contributed by atoms with van der Waals surface area (Å²) in [5.41, 5.74) is 6.44. The summed E-state index contributed by atoms with van der Waals surface area (Å²) < 4.78 is 0. The summed E-state index contributed by atoms with van der Waals surface area (Å²) in [5, 5.41) is 6.22. The van der Waals surface area contributed by atoms with E-state index in [0.717, 1.165) is 5.69 Å². The number of nitrogen functional groups attached to an aromatic ring is 1. The summed E-state index contributed by atoms with van der Waals surface area (Å²) in [6.07, 6.45) is 1.58. The predicted octanol–water partition coefficient (Wildman–Crippen LogP) is 0.0506. The highest BCUT2D eigenvalue weighted by Gasteiger charge is 2.06. The van der Waals surface area contributed by atoms with Crippen molar-refractivity contribution in [2.24, 2.45) is 0 Å². The first-order valence-electron chi connectivity index (χ1n) is 4.04. The van der Waals surface area contributed by atoms with Gasteiger partial charge in [-0.2, -0.15) is 4.98 Å². The largest absolute Gasteiger partial charge is 0.366 e. The monoisotopic (exact) mass is 191 g/mol. The number of rotatable bonds is 1. The quantitative estimate of drug-likeness (QED) is 0.592. The fourth-order valence-corrected chi connectivity index (χ4v) is 1.15. The van der Waals surface area contributed by atoms with Crippen LogP contribution in [0.3, 0.4) is 0 Å². The van der Waals surface area contributed by atoms with Crippen LogP contribution in [-0.2, 0) is 0 Å². The van der Waals surface area contributed by atoms with Crippen molar-refractivity contribution >= 4 is 5.95 Å². The molecule has 72 valence electrons. The molecule has 2 heterocycles. The van der Waals surface area contributed by atoms with E-state index in [9.17, 15) is 4.79 Å². The Morgan fingerprint density at radius 1 is 1.50 bits per heavy atom. The number of hydrogen-bond donors (Lipinski definition) is 3. The van der Waals surface area contributed by atoms with Crippen LogP contribution in [0.25, 0.3) is 11.4 Å². The molecule has 0 unspecified atom stereocenters. The lowest BCUT2D eigenvalue weighted by Crippen LogP contribution is -2.06. The molecule has 0 saturated heterocycles. The zero-order chi connectivity index (χ0) is 10.1. The van der Waals surface area contributed by atoms with Crippen molar-refractivity contribution in [2.75, 3.05) is 5.73 Å². The Morgan fingerprint density at radius 2 is 2.29 bits per heavy atom. The van der Waals surface area contributed by atoms with E-state index in [1.165, 1.54) is 6.07 Å². The molecule has 2 aromatic rings. The van der Waals surface area contributed by atoms with Crippen LogP contribution in [0.2, 0.25) is 0 Å². The summed E-state index contributed by atoms with van der Waals surface area (Å²) >= 11 is 0. The van der Waals surface area contributed by atoms with Gasteiger partial charge in [0.15, 0.2) is 11.3 Å². The predicted molar refractivity (Wildman–Crippen MR) is 51.6 cm³/mol. The summed E-state index contributed by atoms with van der Waals surface area (Å²) in [4.78, 5) is 18.3. The molecule has 0 saturated carbocycles. The molecule has 0 aliphatic rings. The number of hydrogen-bond acceptors (Lipinski definition) is 4. The topological polar surface area (TPSA) is 100 Å². The molecule has 2 rings (SSSR count). The van der Waals surface area contributed by atoms with Gasteiger partial charge in [0.1, 0.15) is 0 Å². The van der Waals surface area contributed by atoms with Crippen molar-refractivity contribution in [1.29, 1.82) is 0 Å². The Morgan fingerprint density at radius 3 is 2.86 bits per heavy atom. The molecule has 0 aliphatic heterocycles. The number of pyridine rings is 1. The first-order chi connectivity index (χ1) is 6.66. The van der Waals surface area contributed by atoms with Crippen LogP contribution in [0.1, 0.15) is 5.69 Å². The van der Waals surface area contributed by atoms with Gasteiger partial charge in [0, 0.05) is 18.0 Å². The highest BCUT2D eigenvalue weighted by Crippen LogP contribution is 2.08. The lowest BCUT2D eigenvalue weighted by Gasteiger charge is -1.95. The molecule has 0 amide bonds. The minimum Gasteiger partial charge on any atom is -0.366 e. The van der Waals surface area contributed by atoms with Crippen LogP contribution < -0.4 is 11.2 Å². The second-order valence-corrected chi connectivity index (χ2v) is 2.94. The standard InChI is InChI=1S/C8H9N5O/c1-4-2-6(14)5(3-10-4)7-11-8(9)13-12-7/h2-3H,1H3,(H,10,14)(H3,9,11,12,13). The molecule has 0 bridgehead atoms. The average Bonchev–Trinajstić information content (AvgIpc) is 2.51. The van der Waals surface area contributed by atoms with Gasteiger partial charge in [-0.25, -0.2) is 0 Å². The smallest absolute Gasteiger partial charge is 0.239 e. The number of aromatic nitrogens is 4. The van der Waals surface area contributed by atoms with Gasteiger partial charge in [-0.1, -0.05) is 0 Å². The van der Waals surface area contributed by atoms with Crippen LogP contribution in [0.4, 0.5) is 5.95 Å². The first-order valence-corrected chi connectivity index (χ1v) is 4.04. The van der Waals surface area contributed by atoms with E-state index in [4.69, 9.17) is 5.73 Å². The fraction of sp³-hybridized carbons (Fsp3) is 0.125. The van der Waals surface area contributed by atoms with Crippen molar-refractivity contribution in [3.05, 3.63) is 28.2 Å². The molecular formula is C8H9N5O. The first kappa shape index (κ1) is 8.49. The highest BCUT2D eigenvalue weighted by molar-refractivity contribution is 5.54. The minimum absolute atomic E-state index is 0.114. The van der Waals surface area contributed by atoms with Crippen LogP contribution in [0, 0.1) is 6.92 Å². The molecule has 0 aromatic carbocycles. The van der Waals surface area contributed by atoms with Crippen LogP contribution in [0.15, 0.2) is 17.1 Å². The van der Waals surface area contributed by atoms with Crippen LogP contribution >= 0.6 is 0 Å². The third kappa shape index (κ3) is 1.37. The lowest BCUT2D eigenvalue weighted by atomic mass is 10.2. The molecular weight excluding hydrogens is 182 g/mol. The molecule has 4 N–H and O–H groups in total. The van der Waals surface area contributed by atoms with Crippen molar-refractivity contribution < 1.29 is 0 Å². The molecule has 2 aromatic heterocycles. The van der Waals surface area contributed by atoms with Gasteiger partial charge in [0.05, 0.1) is 5.56 Å². The van der Waals surface area contributed by atoms with Crippen molar-refractivity contribution in [1.82, 2.24) is 20.2 Å². The van der Waals surface area contributed by atoms with Crippen molar-refractivity contribution in [3.8, 4) is 11.4 Å². The van der Waals surface area contributed by atoms with Crippen LogP contribution in [0.5, 0.6) is 0 Å². The normalized spacial score (nSPS) is 10.4. The Balaban J connectivity index is 2.57. The van der Waals surface area contributed by atoms with Gasteiger partial charge in [0.2, 0.25) is 5.95 Å². The second kappa shape index (κ2) is 2.99. The maximum atomic E-state index is 11.5. The minimum atomic E-state index is -0.114. The molecule has 14 heavy (non-hydrogen) atoms. The Kier molecular flexibility index (Phi) is 1.81. The molecule has 0 radical (unpaired) electrons. The molecule has 0 aliphatic carbocycles. The highest BCUT2D eigenvalue weighted by atomic mass is 16.1. The molecule has 6 nitrogen and oxygen atoms in total. The van der Waals surface area contributed by atoms with Crippen molar-refractivity contribution in [3.63, 3.8) is 0 Å². The fourth-order valence-electron chi connectivity index (χ4n) is 1.15.